The van der Waals surface area contributed by atoms with Crippen molar-refractivity contribution >= 4 is 0 Å². The molecule has 1 aliphatic rings. The summed E-state index contributed by atoms with van der Waals surface area (Å²) >= 11 is 0. The third-order valence-electron chi connectivity index (χ3n) is 2.61. The summed E-state index contributed by atoms with van der Waals surface area (Å²) < 4.78 is 5.80. The fourth-order valence-electron chi connectivity index (χ4n) is 1.79. The minimum Gasteiger partial charge on any atom is -0.487 e. The van der Waals surface area contributed by atoms with Crippen molar-refractivity contribution in [2.75, 3.05) is 19.6 Å². The molecule has 2 rings (SSSR count). The van der Waals surface area contributed by atoms with E-state index in [-0.39, 0.29) is 0 Å². The minimum absolute atomic E-state index is 0.346. The normalized spacial score (nSPS) is 22.5. The van der Waals surface area contributed by atoms with E-state index >= 15 is 0 Å². The van der Waals surface area contributed by atoms with E-state index in [2.05, 4.69) is 16.8 Å². The van der Waals surface area contributed by atoms with Crippen molar-refractivity contribution in [2.45, 2.75) is 19.4 Å². The molecule has 0 aromatic carbocycles. The number of hydrogen-bond donors (Lipinski definition) is 0. The van der Waals surface area contributed by atoms with Gasteiger partial charge in [0.15, 0.2) is 0 Å². The minimum atomic E-state index is 0.346. The monoisotopic (exact) mass is 192 g/mol. The zero-order valence-electron chi connectivity index (χ0n) is 8.52. The first-order valence-electron chi connectivity index (χ1n) is 5.17. The Bertz CT molecular complexity index is 276. The summed E-state index contributed by atoms with van der Waals surface area (Å²) in [5.74, 6) is 0.885. The molecular weight excluding hydrogens is 176 g/mol. The molecule has 0 radical (unpaired) electrons. The number of likely N-dealkylation sites (N-methyl/N-ethyl adjacent to an activating group) is 1. The van der Waals surface area contributed by atoms with Crippen LogP contribution in [0.15, 0.2) is 24.5 Å². The Hall–Kier alpha value is -1.09. The molecule has 1 aromatic rings. The van der Waals surface area contributed by atoms with Crippen LogP contribution in [-0.2, 0) is 0 Å². The van der Waals surface area contributed by atoms with Crippen LogP contribution in [-0.4, -0.2) is 35.6 Å². The first-order valence-corrected chi connectivity index (χ1v) is 5.17. The highest BCUT2D eigenvalue weighted by molar-refractivity contribution is 5.16. The molecule has 1 aromatic heterocycles. The van der Waals surface area contributed by atoms with E-state index in [0.717, 1.165) is 31.8 Å². The van der Waals surface area contributed by atoms with Gasteiger partial charge in [-0.15, -0.1) is 0 Å². The standard InChI is InChI=1S/C11H16N2O/c1-2-13-7-5-11(9-13)14-10-4-3-6-12-8-10/h3-4,6,8,11H,2,5,7,9H2,1H3/t11-/m1/s1. The maximum atomic E-state index is 5.80. The fourth-order valence-corrected chi connectivity index (χ4v) is 1.79. The molecule has 1 fully saturated rings. The zero-order valence-corrected chi connectivity index (χ0v) is 8.52. The fraction of sp³-hybridized carbons (Fsp3) is 0.545. The molecule has 1 saturated heterocycles. The molecule has 76 valence electrons. The molecule has 0 amide bonds. The van der Waals surface area contributed by atoms with Crippen molar-refractivity contribution in [3.63, 3.8) is 0 Å². The van der Waals surface area contributed by atoms with Crippen molar-refractivity contribution in [1.29, 1.82) is 0 Å². The van der Waals surface area contributed by atoms with Gasteiger partial charge < -0.3 is 4.74 Å². The van der Waals surface area contributed by atoms with E-state index in [1.54, 1.807) is 12.4 Å². The van der Waals surface area contributed by atoms with E-state index in [1.807, 2.05) is 12.1 Å². The van der Waals surface area contributed by atoms with Crippen LogP contribution in [0.1, 0.15) is 13.3 Å². The predicted molar refractivity (Wildman–Crippen MR) is 55.4 cm³/mol. The number of rotatable bonds is 3. The Balaban J connectivity index is 1.88. The average molecular weight is 192 g/mol. The summed E-state index contributed by atoms with van der Waals surface area (Å²) in [6.45, 7) is 5.51. The van der Waals surface area contributed by atoms with Crippen LogP contribution in [0.25, 0.3) is 0 Å². The van der Waals surface area contributed by atoms with Crippen LogP contribution in [0.3, 0.4) is 0 Å². The third kappa shape index (κ3) is 2.23. The molecule has 0 aliphatic carbocycles. The molecular formula is C11H16N2O. The van der Waals surface area contributed by atoms with Gasteiger partial charge in [-0.3, -0.25) is 9.88 Å². The van der Waals surface area contributed by atoms with Crippen LogP contribution in [0, 0.1) is 0 Å². The molecule has 0 N–H and O–H groups in total. The number of nitrogens with zero attached hydrogens (tertiary/aromatic N) is 2. The highest BCUT2D eigenvalue weighted by Gasteiger charge is 2.22. The SMILES string of the molecule is CCN1CC[C@@H](Oc2cccnc2)C1. The highest BCUT2D eigenvalue weighted by Crippen LogP contribution is 2.16. The van der Waals surface area contributed by atoms with Crippen LogP contribution >= 0.6 is 0 Å². The van der Waals surface area contributed by atoms with Crippen molar-refractivity contribution < 1.29 is 4.74 Å². The van der Waals surface area contributed by atoms with Crippen molar-refractivity contribution in [3.8, 4) is 5.75 Å². The van der Waals surface area contributed by atoms with Crippen molar-refractivity contribution in [3.05, 3.63) is 24.5 Å². The molecule has 2 heterocycles. The van der Waals surface area contributed by atoms with Gasteiger partial charge in [0.2, 0.25) is 0 Å². The third-order valence-corrected chi connectivity index (χ3v) is 2.61. The summed E-state index contributed by atoms with van der Waals surface area (Å²) in [5.41, 5.74) is 0. The van der Waals surface area contributed by atoms with Crippen LogP contribution in [0.2, 0.25) is 0 Å². The van der Waals surface area contributed by atoms with E-state index in [1.165, 1.54) is 0 Å². The maximum absolute atomic E-state index is 5.80. The first kappa shape index (κ1) is 9.46. The van der Waals surface area contributed by atoms with Gasteiger partial charge in [0.1, 0.15) is 11.9 Å². The molecule has 1 aliphatic heterocycles. The van der Waals surface area contributed by atoms with Gasteiger partial charge in [0.05, 0.1) is 6.20 Å². The lowest BCUT2D eigenvalue weighted by molar-refractivity contribution is 0.202. The summed E-state index contributed by atoms with van der Waals surface area (Å²) in [4.78, 5) is 6.43. The predicted octanol–water partition coefficient (Wildman–Crippen LogP) is 1.55. The number of hydrogen-bond acceptors (Lipinski definition) is 3. The molecule has 14 heavy (non-hydrogen) atoms. The largest absolute Gasteiger partial charge is 0.487 e. The number of likely N-dealkylation sites (tertiary alicyclic amines) is 1. The van der Waals surface area contributed by atoms with Crippen molar-refractivity contribution in [2.24, 2.45) is 0 Å². The summed E-state index contributed by atoms with van der Waals surface area (Å²) in [7, 11) is 0. The quantitative estimate of drug-likeness (QED) is 0.726. The molecule has 1 atom stereocenters. The van der Waals surface area contributed by atoms with Gasteiger partial charge in [-0.1, -0.05) is 6.92 Å². The topological polar surface area (TPSA) is 25.4 Å². The lowest BCUT2D eigenvalue weighted by Gasteiger charge is -2.14. The van der Waals surface area contributed by atoms with Gasteiger partial charge in [-0.25, -0.2) is 0 Å². The second kappa shape index (κ2) is 4.42. The number of aromatic nitrogens is 1. The van der Waals surface area contributed by atoms with Gasteiger partial charge >= 0.3 is 0 Å². The maximum Gasteiger partial charge on any atom is 0.138 e. The molecule has 3 nitrogen and oxygen atoms in total. The van der Waals surface area contributed by atoms with Gasteiger partial charge in [0, 0.05) is 19.3 Å². The second-order valence-electron chi connectivity index (χ2n) is 3.61. The Kier molecular flexibility index (Phi) is 2.99. The molecule has 3 heteroatoms. The van der Waals surface area contributed by atoms with E-state index < -0.39 is 0 Å². The summed E-state index contributed by atoms with van der Waals surface area (Å²) in [6.07, 6.45) is 5.01. The van der Waals surface area contributed by atoms with E-state index in [4.69, 9.17) is 4.74 Å². The Morgan fingerprint density at radius 2 is 2.57 bits per heavy atom. The summed E-state index contributed by atoms with van der Waals surface area (Å²) in [5, 5.41) is 0. The molecule has 0 bridgehead atoms. The molecule has 0 spiro atoms. The Morgan fingerprint density at radius 3 is 3.21 bits per heavy atom. The van der Waals surface area contributed by atoms with Crippen molar-refractivity contribution in [1.82, 2.24) is 9.88 Å². The Labute approximate surface area is 84.7 Å². The zero-order chi connectivity index (χ0) is 9.80. The highest BCUT2D eigenvalue weighted by atomic mass is 16.5. The molecule has 0 saturated carbocycles. The van der Waals surface area contributed by atoms with E-state index in [9.17, 15) is 0 Å². The smallest absolute Gasteiger partial charge is 0.138 e. The molecule has 0 unspecified atom stereocenters. The Morgan fingerprint density at radius 1 is 1.64 bits per heavy atom. The summed E-state index contributed by atoms with van der Waals surface area (Å²) in [6, 6.07) is 3.86. The van der Waals surface area contributed by atoms with Gasteiger partial charge in [0.25, 0.3) is 0 Å². The van der Waals surface area contributed by atoms with Crippen LogP contribution in [0.5, 0.6) is 5.75 Å². The average Bonchev–Trinajstić information content (AvgIpc) is 2.67. The first-order chi connectivity index (χ1) is 6.88. The van der Waals surface area contributed by atoms with Gasteiger partial charge in [-0.2, -0.15) is 0 Å². The lowest BCUT2D eigenvalue weighted by Crippen LogP contribution is -2.24. The lowest BCUT2D eigenvalue weighted by atomic mass is 10.3. The second-order valence-corrected chi connectivity index (χ2v) is 3.61. The van der Waals surface area contributed by atoms with Gasteiger partial charge in [-0.05, 0) is 25.1 Å². The number of ether oxygens (including phenoxy) is 1. The number of pyridine rings is 1. The van der Waals surface area contributed by atoms with E-state index in [0.29, 0.717) is 6.10 Å². The van der Waals surface area contributed by atoms with Crippen LogP contribution in [0.4, 0.5) is 0 Å². The van der Waals surface area contributed by atoms with Crippen LogP contribution < -0.4 is 4.74 Å².